The minimum Gasteiger partial charge on any atom is -0.401 e. The van der Waals surface area contributed by atoms with E-state index >= 15 is 0 Å². The van der Waals surface area contributed by atoms with Crippen molar-refractivity contribution in [2.75, 3.05) is 0 Å². The Balaban J connectivity index is 1.78. The quantitative estimate of drug-likeness (QED) is 0.281. The Morgan fingerprint density at radius 2 is 1.88 bits per heavy atom. The first-order chi connectivity index (χ1) is 12.5. The Morgan fingerprint density at radius 1 is 1.15 bits per heavy atom. The lowest BCUT2D eigenvalue weighted by atomic mass is 10.1. The van der Waals surface area contributed by atoms with Crippen LogP contribution in [0, 0.1) is 10.1 Å². The molecule has 4 rings (SSSR count). The van der Waals surface area contributed by atoms with Crippen LogP contribution in [0.5, 0.6) is 0 Å². The molecule has 8 heteroatoms. The highest BCUT2D eigenvalue weighted by molar-refractivity contribution is 7.21. The summed E-state index contributed by atoms with van der Waals surface area (Å²) in [6.07, 6.45) is 1.34. The first-order valence-electron chi connectivity index (χ1n) is 7.48. The lowest BCUT2D eigenvalue weighted by Gasteiger charge is -1.96. The zero-order valence-corrected chi connectivity index (χ0v) is 14.6. The van der Waals surface area contributed by atoms with Gasteiger partial charge in [-0.3, -0.25) is 10.1 Å². The number of nitro benzene ring substituents is 1. The number of fused-ring (bicyclic) bond motifs is 1. The third-order valence-electron chi connectivity index (χ3n) is 3.78. The molecule has 0 saturated carbocycles. The van der Waals surface area contributed by atoms with E-state index in [9.17, 15) is 14.9 Å². The third-order valence-corrected chi connectivity index (χ3v) is 5.44. The van der Waals surface area contributed by atoms with Gasteiger partial charge >= 0.3 is 5.97 Å². The number of nitrogens with zero attached hydrogens (tertiary/aromatic N) is 2. The molecule has 0 spiro atoms. The highest BCUT2D eigenvalue weighted by atomic mass is 35.5. The van der Waals surface area contributed by atoms with Gasteiger partial charge in [0.2, 0.25) is 5.90 Å². The number of para-hydroxylation sites is 1. The molecule has 0 amide bonds. The summed E-state index contributed by atoms with van der Waals surface area (Å²) in [5, 5.41) is 12.4. The number of rotatable bonds is 3. The topological polar surface area (TPSA) is 81.8 Å². The van der Waals surface area contributed by atoms with Crippen LogP contribution in [0.2, 0.25) is 5.02 Å². The van der Waals surface area contributed by atoms with Crippen LogP contribution in [0.3, 0.4) is 0 Å². The summed E-state index contributed by atoms with van der Waals surface area (Å²) in [6, 6.07) is 13.6. The van der Waals surface area contributed by atoms with Crippen LogP contribution < -0.4 is 0 Å². The molecular formula is C18H9ClN2O4S. The minimum atomic E-state index is -0.674. The third kappa shape index (κ3) is 2.77. The number of aliphatic imine (C=N–C) groups is 1. The molecule has 1 aliphatic heterocycles. The van der Waals surface area contributed by atoms with Crippen LogP contribution in [0.4, 0.5) is 5.69 Å². The zero-order chi connectivity index (χ0) is 18.3. The van der Waals surface area contributed by atoms with Gasteiger partial charge in [-0.15, -0.1) is 11.3 Å². The molecule has 1 aromatic heterocycles. The van der Waals surface area contributed by atoms with E-state index in [4.69, 9.17) is 16.3 Å². The summed E-state index contributed by atoms with van der Waals surface area (Å²) < 4.78 is 6.19. The minimum absolute atomic E-state index is 0.0113. The van der Waals surface area contributed by atoms with Gasteiger partial charge < -0.3 is 4.74 Å². The summed E-state index contributed by atoms with van der Waals surface area (Å²) in [4.78, 5) is 27.5. The number of halogens is 1. The molecule has 0 radical (unpaired) electrons. The SMILES string of the molecule is O=C1OC(c2sc3ccccc3c2Cl)=N/C1=C\c1ccccc1[N+](=O)[O-]. The lowest BCUT2D eigenvalue weighted by Crippen LogP contribution is -2.04. The number of benzene rings is 2. The van der Waals surface area contributed by atoms with E-state index < -0.39 is 10.9 Å². The predicted octanol–water partition coefficient (Wildman–Crippen LogP) is 4.81. The first-order valence-corrected chi connectivity index (χ1v) is 8.67. The van der Waals surface area contributed by atoms with Gasteiger partial charge in [-0.2, -0.15) is 0 Å². The van der Waals surface area contributed by atoms with Crippen LogP contribution >= 0.6 is 22.9 Å². The van der Waals surface area contributed by atoms with Crippen molar-refractivity contribution in [1.82, 2.24) is 0 Å². The van der Waals surface area contributed by atoms with Gasteiger partial charge in [-0.25, -0.2) is 9.79 Å². The van der Waals surface area contributed by atoms with Crippen molar-refractivity contribution >= 4 is 56.7 Å². The fourth-order valence-electron chi connectivity index (χ4n) is 2.58. The summed E-state index contributed by atoms with van der Waals surface area (Å²) in [7, 11) is 0. The number of esters is 1. The molecule has 0 N–H and O–H groups in total. The van der Waals surface area contributed by atoms with Crippen molar-refractivity contribution in [3.8, 4) is 0 Å². The number of hydrogen-bond acceptors (Lipinski definition) is 6. The van der Waals surface area contributed by atoms with Gasteiger partial charge in [0.1, 0.15) is 4.88 Å². The maximum Gasteiger partial charge on any atom is 0.363 e. The second kappa shape index (κ2) is 6.36. The van der Waals surface area contributed by atoms with E-state index in [1.807, 2.05) is 24.3 Å². The van der Waals surface area contributed by atoms with Crippen molar-refractivity contribution in [3.05, 3.63) is 79.8 Å². The molecule has 0 saturated heterocycles. The van der Waals surface area contributed by atoms with Crippen molar-refractivity contribution < 1.29 is 14.5 Å². The average molecular weight is 385 g/mol. The van der Waals surface area contributed by atoms with Crippen molar-refractivity contribution in [3.63, 3.8) is 0 Å². The number of thiophene rings is 1. The number of cyclic esters (lactones) is 1. The van der Waals surface area contributed by atoms with Gasteiger partial charge in [0.05, 0.1) is 15.5 Å². The molecular weight excluding hydrogens is 376 g/mol. The molecule has 0 unspecified atom stereocenters. The van der Waals surface area contributed by atoms with Gasteiger partial charge in [0, 0.05) is 16.2 Å². The van der Waals surface area contributed by atoms with Gasteiger partial charge in [0.25, 0.3) is 5.69 Å². The van der Waals surface area contributed by atoms with Crippen molar-refractivity contribution in [2.24, 2.45) is 4.99 Å². The molecule has 0 bridgehead atoms. The van der Waals surface area contributed by atoms with E-state index in [0.29, 0.717) is 9.90 Å². The molecule has 1 aliphatic rings. The Bertz CT molecular complexity index is 1130. The number of carbonyl (C=O) groups excluding carboxylic acids is 1. The summed E-state index contributed by atoms with van der Waals surface area (Å²) >= 11 is 7.75. The molecule has 0 atom stereocenters. The van der Waals surface area contributed by atoms with E-state index in [0.717, 1.165) is 10.1 Å². The van der Waals surface area contributed by atoms with Crippen molar-refractivity contribution in [1.29, 1.82) is 0 Å². The van der Waals surface area contributed by atoms with Crippen LogP contribution in [-0.4, -0.2) is 16.8 Å². The van der Waals surface area contributed by atoms with Crippen LogP contribution in [0.15, 0.2) is 59.2 Å². The Kier molecular flexibility index (Phi) is 4.02. The highest BCUT2D eigenvalue weighted by Gasteiger charge is 2.28. The predicted molar refractivity (Wildman–Crippen MR) is 101 cm³/mol. The Labute approximate surface area is 156 Å². The number of ether oxygens (including phenoxy) is 1. The molecule has 3 aromatic rings. The number of hydrogen-bond donors (Lipinski definition) is 0. The van der Waals surface area contributed by atoms with Crippen LogP contribution in [0.25, 0.3) is 16.2 Å². The largest absolute Gasteiger partial charge is 0.401 e. The fourth-order valence-corrected chi connectivity index (χ4v) is 4.02. The standard InChI is InChI=1S/C18H9ClN2O4S/c19-15-11-6-2-4-8-14(11)26-16(15)17-20-12(18(22)25-17)9-10-5-1-3-7-13(10)21(23)24/h1-9H/b12-9-. The number of carbonyl (C=O) groups is 1. The van der Waals surface area contributed by atoms with Crippen LogP contribution in [-0.2, 0) is 9.53 Å². The smallest absolute Gasteiger partial charge is 0.363 e. The molecule has 0 aliphatic carbocycles. The van der Waals surface area contributed by atoms with Crippen LogP contribution in [0.1, 0.15) is 10.4 Å². The normalized spacial score (nSPS) is 15.3. The van der Waals surface area contributed by atoms with E-state index in [1.165, 1.54) is 23.5 Å². The van der Waals surface area contributed by atoms with Gasteiger partial charge in [-0.05, 0) is 18.2 Å². The summed E-state index contributed by atoms with van der Waals surface area (Å²) in [5.74, 6) is -0.572. The summed E-state index contributed by atoms with van der Waals surface area (Å²) in [5.41, 5.74) is 0.149. The fraction of sp³-hybridized carbons (Fsp3) is 0. The van der Waals surface area contributed by atoms with Gasteiger partial charge in [-0.1, -0.05) is 41.9 Å². The Hall–Kier alpha value is -3.03. The average Bonchev–Trinajstić information content (AvgIpc) is 3.16. The monoisotopic (exact) mass is 384 g/mol. The molecule has 0 fully saturated rings. The molecule has 2 heterocycles. The highest BCUT2D eigenvalue weighted by Crippen LogP contribution is 2.37. The second-order valence-electron chi connectivity index (χ2n) is 5.39. The molecule has 26 heavy (non-hydrogen) atoms. The maximum absolute atomic E-state index is 12.2. The van der Waals surface area contributed by atoms with E-state index in [2.05, 4.69) is 4.99 Å². The maximum atomic E-state index is 12.2. The van der Waals surface area contributed by atoms with Crippen molar-refractivity contribution in [2.45, 2.75) is 0 Å². The Morgan fingerprint density at radius 3 is 2.65 bits per heavy atom. The second-order valence-corrected chi connectivity index (χ2v) is 6.82. The summed E-state index contributed by atoms with van der Waals surface area (Å²) in [6.45, 7) is 0. The zero-order valence-electron chi connectivity index (χ0n) is 13.0. The molecule has 128 valence electrons. The lowest BCUT2D eigenvalue weighted by molar-refractivity contribution is -0.385. The van der Waals surface area contributed by atoms with Gasteiger partial charge in [0.15, 0.2) is 5.70 Å². The van der Waals surface area contributed by atoms with E-state index in [1.54, 1.807) is 18.2 Å². The first kappa shape index (κ1) is 16.4. The van der Waals surface area contributed by atoms with E-state index in [-0.39, 0.29) is 22.8 Å². The molecule has 2 aromatic carbocycles. The number of nitro groups is 1. The molecule has 6 nitrogen and oxygen atoms in total.